The molecule has 0 aliphatic carbocycles. The molecule has 0 aliphatic rings. The van der Waals surface area contributed by atoms with Gasteiger partial charge in [-0.3, -0.25) is 0 Å². The summed E-state index contributed by atoms with van der Waals surface area (Å²) in [5, 5.41) is 0. The predicted molar refractivity (Wildman–Crippen MR) is 61.6 cm³/mol. The molecule has 0 bridgehead atoms. The first-order chi connectivity index (χ1) is 6.13. The molecule has 0 aliphatic heterocycles. The lowest BCUT2D eigenvalue weighted by atomic mass is 10.0. The summed E-state index contributed by atoms with van der Waals surface area (Å²) in [6.07, 6.45) is 0. The van der Waals surface area contributed by atoms with Gasteiger partial charge in [-0.05, 0) is 11.8 Å². The minimum Gasteiger partial charge on any atom is -0.249 e. The summed E-state index contributed by atoms with van der Waals surface area (Å²) >= 11 is 1.77. The van der Waals surface area contributed by atoms with Crippen LogP contribution in [0.3, 0.4) is 0 Å². The molecule has 1 aromatic heterocycles. The highest BCUT2D eigenvalue weighted by Gasteiger charge is 2.11. The quantitative estimate of drug-likeness (QED) is 0.687. The van der Waals surface area contributed by atoms with Crippen LogP contribution in [0.2, 0.25) is 0 Å². The van der Waals surface area contributed by atoms with E-state index in [9.17, 15) is 0 Å². The van der Waals surface area contributed by atoms with Crippen LogP contribution in [-0.4, -0.2) is 4.98 Å². The average Bonchev–Trinajstić information content (AvgIpc) is 2.55. The molecular formula is C11H21NS. The fourth-order valence-corrected chi connectivity index (χ4v) is 2.09. The molecule has 0 N–H and O–H groups in total. The Morgan fingerprint density at radius 2 is 1.62 bits per heavy atom. The van der Waals surface area contributed by atoms with Crippen molar-refractivity contribution in [1.29, 1.82) is 0 Å². The van der Waals surface area contributed by atoms with Crippen LogP contribution in [0.4, 0.5) is 0 Å². The summed E-state index contributed by atoms with van der Waals surface area (Å²) in [4.78, 5) is 5.80. The third-order valence-corrected chi connectivity index (χ3v) is 2.84. The van der Waals surface area contributed by atoms with Gasteiger partial charge < -0.3 is 0 Å². The van der Waals surface area contributed by atoms with Crippen LogP contribution in [0.1, 0.15) is 63.9 Å². The molecule has 1 aromatic rings. The van der Waals surface area contributed by atoms with Crippen molar-refractivity contribution in [3.8, 4) is 0 Å². The second-order valence-corrected chi connectivity index (χ2v) is 4.30. The van der Waals surface area contributed by atoms with Gasteiger partial charge in [-0.2, -0.15) is 0 Å². The third kappa shape index (κ3) is 3.47. The van der Waals surface area contributed by atoms with Crippen LogP contribution in [0.5, 0.6) is 0 Å². The molecule has 0 aromatic carbocycles. The minimum atomic E-state index is 0.568. The topological polar surface area (TPSA) is 12.9 Å². The van der Waals surface area contributed by atoms with Crippen molar-refractivity contribution < 1.29 is 0 Å². The van der Waals surface area contributed by atoms with E-state index in [0.717, 1.165) is 0 Å². The van der Waals surface area contributed by atoms with Crippen LogP contribution < -0.4 is 0 Å². The van der Waals surface area contributed by atoms with E-state index in [4.69, 9.17) is 0 Å². The van der Waals surface area contributed by atoms with Crippen molar-refractivity contribution in [2.24, 2.45) is 0 Å². The van der Waals surface area contributed by atoms with Crippen molar-refractivity contribution >= 4 is 11.3 Å². The molecule has 0 saturated carbocycles. The number of thiazole rings is 1. The van der Waals surface area contributed by atoms with E-state index in [0.29, 0.717) is 11.8 Å². The first-order valence-corrected chi connectivity index (χ1v) is 5.94. The van der Waals surface area contributed by atoms with Crippen molar-refractivity contribution in [2.75, 3.05) is 0 Å². The first kappa shape index (κ1) is 12.6. The molecule has 1 nitrogen and oxygen atoms in total. The van der Waals surface area contributed by atoms with E-state index in [1.807, 2.05) is 19.4 Å². The zero-order chi connectivity index (χ0) is 10.4. The fraction of sp³-hybridized carbons (Fsp3) is 0.727. The second kappa shape index (κ2) is 6.14. The number of hydrogen-bond donors (Lipinski definition) is 0. The Labute approximate surface area is 86.2 Å². The third-order valence-electron chi connectivity index (χ3n) is 1.70. The van der Waals surface area contributed by atoms with Gasteiger partial charge in [0.1, 0.15) is 0 Å². The van der Waals surface area contributed by atoms with Crippen molar-refractivity contribution in [3.63, 3.8) is 0 Å². The van der Waals surface area contributed by atoms with Crippen LogP contribution >= 0.6 is 11.3 Å². The maximum Gasteiger partial charge on any atom is 0.0797 e. The average molecular weight is 199 g/mol. The summed E-state index contributed by atoms with van der Waals surface area (Å²) in [6, 6.07) is 0. The highest BCUT2D eigenvalue weighted by molar-refractivity contribution is 7.09. The van der Waals surface area contributed by atoms with Gasteiger partial charge in [0, 0.05) is 4.88 Å². The number of rotatable bonds is 2. The van der Waals surface area contributed by atoms with Crippen LogP contribution in [0.15, 0.2) is 5.51 Å². The van der Waals surface area contributed by atoms with Crippen molar-refractivity contribution in [2.45, 2.75) is 53.4 Å². The Morgan fingerprint density at radius 1 is 1.08 bits per heavy atom. The van der Waals surface area contributed by atoms with Gasteiger partial charge in [0.2, 0.25) is 0 Å². The second-order valence-electron chi connectivity index (χ2n) is 3.41. The zero-order valence-corrected chi connectivity index (χ0v) is 10.4. The summed E-state index contributed by atoms with van der Waals surface area (Å²) in [5.74, 6) is 1.19. The Balaban J connectivity index is 0.000000671. The molecule has 1 rings (SSSR count). The molecule has 13 heavy (non-hydrogen) atoms. The number of aromatic nitrogens is 1. The maximum absolute atomic E-state index is 4.36. The van der Waals surface area contributed by atoms with Gasteiger partial charge in [0.15, 0.2) is 0 Å². The Kier molecular flexibility index (Phi) is 5.97. The SMILES string of the molecule is CC.CC(C)c1ncsc1C(C)C. The molecule has 0 atom stereocenters. The number of hydrogen-bond acceptors (Lipinski definition) is 2. The van der Waals surface area contributed by atoms with E-state index in [2.05, 4.69) is 32.7 Å². The number of nitrogens with zero attached hydrogens (tertiary/aromatic N) is 1. The Morgan fingerprint density at radius 3 is 1.92 bits per heavy atom. The lowest BCUT2D eigenvalue weighted by Gasteiger charge is -2.07. The maximum atomic E-state index is 4.36. The summed E-state index contributed by atoms with van der Waals surface area (Å²) < 4.78 is 0. The van der Waals surface area contributed by atoms with Crippen molar-refractivity contribution in [3.05, 3.63) is 16.1 Å². The minimum absolute atomic E-state index is 0.568. The highest BCUT2D eigenvalue weighted by atomic mass is 32.1. The fourth-order valence-electron chi connectivity index (χ4n) is 1.13. The standard InChI is InChI=1S/C9H15NS.C2H6/c1-6(2)8-9(7(3)4)11-5-10-8;1-2/h5-7H,1-4H3;1-2H3. The molecule has 1 heterocycles. The molecule has 0 radical (unpaired) electrons. The van der Waals surface area contributed by atoms with E-state index < -0.39 is 0 Å². The molecule has 76 valence electrons. The predicted octanol–water partition coefficient (Wildman–Crippen LogP) is 4.42. The van der Waals surface area contributed by atoms with E-state index in [1.54, 1.807) is 11.3 Å². The van der Waals surface area contributed by atoms with Gasteiger partial charge in [0.05, 0.1) is 11.2 Å². The summed E-state index contributed by atoms with van der Waals surface area (Å²) in [5.41, 5.74) is 3.23. The van der Waals surface area contributed by atoms with E-state index in [1.165, 1.54) is 10.6 Å². The summed E-state index contributed by atoms with van der Waals surface area (Å²) in [6.45, 7) is 12.8. The summed E-state index contributed by atoms with van der Waals surface area (Å²) in [7, 11) is 0. The molecule has 0 amide bonds. The van der Waals surface area contributed by atoms with E-state index >= 15 is 0 Å². The van der Waals surface area contributed by atoms with Crippen LogP contribution in [0.25, 0.3) is 0 Å². The van der Waals surface area contributed by atoms with Gasteiger partial charge in [-0.25, -0.2) is 4.98 Å². The van der Waals surface area contributed by atoms with Gasteiger partial charge in [0.25, 0.3) is 0 Å². The monoisotopic (exact) mass is 199 g/mol. The molecule has 0 spiro atoms. The van der Waals surface area contributed by atoms with Gasteiger partial charge in [-0.1, -0.05) is 41.5 Å². The first-order valence-electron chi connectivity index (χ1n) is 5.06. The lowest BCUT2D eigenvalue weighted by Crippen LogP contribution is -1.94. The largest absolute Gasteiger partial charge is 0.249 e. The van der Waals surface area contributed by atoms with E-state index in [-0.39, 0.29) is 0 Å². The van der Waals surface area contributed by atoms with Gasteiger partial charge in [-0.15, -0.1) is 11.3 Å². The highest BCUT2D eigenvalue weighted by Crippen LogP contribution is 2.28. The van der Waals surface area contributed by atoms with Crippen LogP contribution in [-0.2, 0) is 0 Å². The van der Waals surface area contributed by atoms with Gasteiger partial charge >= 0.3 is 0 Å². The Hall–Kier alpha value is -0.370. The van der Waals surface area contributed by atoms with Crippen molar-refractivity contribution in [1.82, 2.24) is 4.98 Å². The molecule has 2 heteroatoms. The molecule has 0 saturated heterocycles. The lowest BCUT2D eigenvalue weighted by molar-refractivity contribution is 0.781. The smallest absolute Gasteiger partial charge is 0.0797 e. The molecular weight excluding hydrogens is 178 g/mol. The van der Waals surface area contributed by atoms with Crippen LogP contribution in [0, 0.1) is 0 Å². The Bertz CT molecular complexity index is 203. The zero-order valence-electron chi connectivity index (χ0n) is 9.59. The molecule has 0 unspecified atom stereocenters. The normalized spacial score (nSPS) is 10.2. The molecule has 0 fully saturated rings.